The van der Waals surface area contributed by atoms with Crippen molar-refractivity contribution in [3.63, 3.8) is 0 Å². The summed E-state index contributed by atoms with van der Waals surface area (Å²) in [6.07, 6.45) is 6.12. The number of carbonyl (C=O) groups excluding carboxylic acids is 3. The molecule has 0 unspecified atom stereocenters. The van der Waals surface area contributed by atoms with Crippen LogP contribution in [0.1, 0.15) is 36.0 Å². The third-order valence-corrected chi connectivity index (χ3v) is 7.48. The zero-order chi connectivity index (χ0) is 29.6. The first-order chi connectivity index (χ1) is 20.5. The second-order valence-corrected chi connectivity index (χ2v) is 10.9. The Bertz CT molecular complexity index is 1300. The lowest BCUT2D eigenvalue weighted by Gasteiger charge is -2.25. The van der Waals surface area contributed by atoms with Gasteiger partial charge in [-0.1, -0.05) is 103 Å². The number of amides is 2. The normalized spacial score (nSPS) is 20.4. The fourth-order valence-corrected chi connectivity index (χ4v) is 5.21. The van der Waals surface area contributed by atoms with Gasteiger partial charge in [0.05, 0.1) is 30.5 Å². The maximum absolute atomic E-state index is 13.5. The summed E-state index contributed by atoms with van der Waals surface area (Å²) in [6, 6.07) is 28.3. The summed E-state index contributed by atoms with van der Waals surface area (Å²) in [5.41, 5.74) is 3.07. The van der Waals surface area contributed by atoms with Crippen LogP contribution in [0.25, 0.3) is 0 Å². The van der Waals surface area contributed by atoms with Gasteiger partial charge in [-0.05, 0) is 48.8 Å². The third kappa shape index (κ3) is 10.00. The highest BCUT2D eigenvalue weighted by Gasteiger charge is 2.27. The fraction of sp³-hybridized carbons (Fsp3) is 0.343. The Morgan fingerprint density at radius 3 is 1.95 bits per heavy atom. The van der Waals surface area contributed by atoms with E-state index in [2.05, 4.69) is 10.6 Å². The van der Waals surface area contributed by atoms with E-state index in [-0.39, 0.29) is 43.3 Å². The van der Waals surface area contributed by atoms with Gasteiger partial charge >= 0.3 is 5.97 Å². The number of aliphatic hydroxyl groups excluding tert-OH is 1. The molecule has 4 rings (SSSR count). The number of benzene rings is 3. The van der Waals surface area contributed by atoms with Crippen molar-refractivity contribution in [1.82, 2.24) is 10.6 Å². The summed E-state index contributed by atoms with van der Waals surface area (Å²) < 4.78 is 5.78. The number of nitrogens with one attached hydrogen (secondary N) is 2. The molecule has 3 aromatic rings. The SMILES string of the molecule is O=C(C[C@H]1CC=CC[C@H](Cc2ccccc2)C(=O)OC[C@@H](Cc2ccccc2)NC1=O)N[C@H](CO)Cc1ccccc1. The average molecular weight is 569 g/mol. The van der Waals surface area contributed by atoms with Crippen LogP contribution in [0.2, 0.25) is 0 Å². The van der Waals surface area contributed by atoms with Gasteiger partial charge in [0.1, 0.15) is 6.61 Å². The van der Waals surface area contributed by atoms with Crippen molar-refractivity contribution in [1.29, 1.82) is 0 Å². The number of cyclic esters (lactones) is 1. The smallest absolute Gasteiger partial charge is 0.309 e. The van der Waals surface area contributed by atoms with Gasteiger partial charge in [-0.3, -0.25) is 14.4 Å². The second-order valence-electron chi connectivity index (χ2n) is 10.9. The zero-order valence-corrected chi connectivity index (χ0v) is 23.9. The standard InChI is InChI=1S/C35H40N2O5/c38-24-31(21-27-14-6-2-7-15-27)36-33(39)23-29-18-10-11-19-30(20-26-12-4-1-5-13-26)35(41)42-25-32(37-34(29)40)22-28-16-8-3-9-17-28/h1-17,29-32,38H,18-25H2,(H,36,39)(H,37,40)/t29-,30-,31+,32-/m1/s1. The number of allylic oxidation sites excluding steroid dienone is 2. The third-order valence-electron chi connectivity index (χ3n) is 7.48. The number of carbonyl (C=O) groups is 3. The van der Waals surface area contributed by atoms with Crippen LogP contribution in [-0.2, 0) is 38.4 Å². The summed E-state index contributed by atoms with van der Waals surface area (Å²) in [4.78, 5) is 39.7. The lowest BCUT2D eigenvalue weighted by Crippen LogP contribution is -2.46. The molecule has 3 aromatic carbocycles. The number of rotatable bonds is 10. The van der Waals surface area contributed by atoms with Crippen molar-refractivity contribution < 1.29 is 24.2 Å². The predicted octanol–water partition coefficient (Wildman–Crippen LogP) is 4.19. The van der Waals surface area contributed by atoms with Crippen LogP contribution in [0.5, 0.6) is 0 Å². The van der Waals surface area contributed by atoms with Crippen molar-refractivity contribution >= 4 is 17.8 Å². The number of ether oxygens (including phenoxy) is 1. The Hall–Kier alpha value is -4.23. The minimum absolute atomic E-state index is 0.0211. The molecular formula is C35H40N2O5. The predicted molar refractivity (Wildman–Crippen MR) is 162 cm³/mol. The first-order valence-electron chi connectivity index (χ1n) is 14.6. The monoisotopic (exact) mass is 568 g/mol. The molecule has 1 aliphatic rings. The molecule has 7 nitrogen and oxygen atoms in total. The van der Waals surface area contributed by atoms with E-state index < -0.39 is 18.0 Å². The Morgan fingerprint density at radius 2 is 1.36 bits per heavy atom. The molecule has 0 saturated carbocycles. The van der Waals surface area contributed by atoms with Gasteiger partial charge in [-0.2, -0.15) is 0 Å². The van der Waals surface area contributed by atoms with Crippen LogP contribution in [0, 0.1) is 11.8 Å². The number of aliphatic hydroxyl groups is 1. The topological polar surface area (TPSA) is 105 Å². The Labute approximate surface area is 248 Å². The van der Waals surface area contributed by atoms with E-state index in [4.69, 9.17) is 4.74 Å². The molecule has 0 aromatic heterocycles. The second kappa shape index (κ2) is 16.3. The van der Waals surface area contributed by atoms with Crippen LogP contribution in [0.4, 0.5) is 0 Å². The van der Waals surface area contributed by atoms with Crippen LogP contribution < -0.4 is 10.6 Å². The molecule has 7 heteroatoms. The van der Waals surface area contributed by atoms with Crippen LogP contribution in [0.15, 0.2) is 103 Å². The number of hydrogen-bond donors (Lipinski definition) is 3. The molecule has 0 spiro atoms. The minimum Gasteiger partial charge on any atom is -0.463 e. The number of hydrogen-bond acceptors (Lipinski definition) is 5. The maximum Gasteiger partial charge on any atom is 0.309 e. The molecule has 220 valence electrons. The van der Waals surface area contributed by atoms with Crippen LogP contribution in [0.3, 0.4) is 0 Å². The molecule has 4 atom stereocenters. The van der Waals surface area contributed by atoms with E-state index in [1.807, 2.05) is 103 Å². The van der Waals surface area contributed by atoms with E-state index in [0.29, 0.717) is 32.1 Å². The van der Waals surface area contributed by atoms with Gasteiger partial charge in [0.15, 0.2) is 0 Å². The Balaban J connectivity index is 1.48. The quantitative estimate of drug-likeness (QED) is 0.251. The highest BCUT2D eigenvalue weighted by Crippen LogP contribution is 2.19. The van der Waals surface area contributed by atoms with Crippen molar-refractivity contribution in [2.24, 2.45) is 11.8 Å². The van der Waals surface area contributed by atoms with Gasteiger partial charge in [0.2, 0.25) is 11.8 Å². The van der Waals surface area contributed by atoms with Crippen molar-refractivity contribution in [3.05, 3.63) is 120 Å². The lowest BCUT2D eigenvalue weighted by molar-refractivity contribution is -0.150. The maximum atomic E-state index is 13.5. The molecule has 0 fully saturated rings. The summed E-state index contributed by atoms with van der Waals surface area (Å²) >= 11 is 0. The molecule has 42 heavy (non-hydrogen) atoms. The highest BCUT2D eigenvalue weighted by atomic mass is 16.5. The van der Waals surface area contributed by atoms with E-state index in [1.165, 1.54) is 0 Å². The van der Waals surface area contributed by atoms with Crippen molar-refractivity contribution in [2.75, 3.05) is 13.2 Å². The summed E-state index contributed by atoms with van der Waals surface area (Å²) in [5.74, 6) is -1.82. The summed E-state index contributed by atoms with van der Waals surface area (Å²) in [7, 11) is 0. The molecule has 3 N–H and O–H groups in total. The fourth-order valence-electron chi connectivity index (χ4n) is 5.21. The van der Waals surface area contributed by atoms with E-state index in [1.54, 1.807) is 0 Å². The minimum atomic E-state index is -0.613. The molecule has 1 aliphatic heterocycles. The van der Waals surface area contributed by atoms with Gasteiger partial charge in [0, 0.05) is 6.42 Å². The Morgan fingerprint density at radius 1 is 0.810 bits per heavy atom. The first kappa shape index (κ1) is 30.7. The van der Waals surface area contributed by atoms with Crippen LogP contribution in [-0.4, -0.2) is 48.2 Å². The van der Waals surface area contributed by atoms with Gasteiger partial charge in [0.25, 0.3) is 0 Å². The molecule has 1 heterocycles. The zero-order valence-electron chi connectivity index (χ0n) is 23.9. The largest absolute Gasteiger partial charge is 0.463 e. The molecular weight excluding hydrogens is 528 g/mol. The highest BCUT2D eigenvalue weighted by molar-refractivity contribution is 5.86. The summed E-state index contributed by atoms with van der Waals surface area (Å²) in [6.45, 7) is -0.165. The average Bonchev–Trinajstić information content (AvgIpc) is 3.01. The van der Waals surface area contributed by atoms with Crippen molar-refractivity contribution in [2.45, 2.75) is 50.6 Å². The lowest BCUT2D eigenvalue weighted by atomic mass is 9.94. The Kier molecular flexibility index (Phi) is 11.9. The van der Waals surface area contributed by atoms with Gasteiger partial charge in [-0.15, -0.1) is 0 Å². The molecule has 2 amide bonds. The van der Waals surface area contributed by atoms with Crippen molar-refractivity contribution in [3.8, 4) is 0 Å². The first-order valence-corrected chi connectivity index (χ1v) is 14.6. The van der Waals surface area contributed by atoms with E-state index >= 15 is 0 Å². The van der Waals surface area contributed by atoms with E-state index in [9.17, 15) is 19.5 Å². The molecule has 0 radical (unpaired) electrons. The van der Waals surface area contributed by atoms with E-state index in [0.717, 1.165) is 16.7 Å². The molecule has 0 aliphatic carbocycles. The van der Waals surface area contributed by atoms with Gasteiger partial charge < -0.3 is 20.5 Å². The molecule has 0 saturated heterocycles. The summed E-state index contributed by atoms with van der Waals surface area (Å²) in [5, 5.41) is 15.8. The number of esters is 1. The van der Waals surface area contributed by atoms with Crippen LogP contribution >= 0.6 is 0 Å². The molecule has 0 bridgehead atoms. The van der Waals surface area contributed by atoms with Gasteiger partial charge in [-0.25, -0.2) is 0 Å².